The number of methoxy groups -OCH3 is 1. The fraction of sp³-hybridized carbons (Fsp3) is 0.222. The maximum atomic E-state index is 12.8. The molecule has 28 heavy (non-hydrogen) atoms. The molecule has 2 N–H and O–H groups in total. The summed E-state index contributed by atoms with van der Waals surface area (Å²) in [5.41, 5.74) is 1.08. The minimum atomic E-state index is -3.93. The maximum Gasteiger partial charge on any atom is 0.266 e. The molecule has 8 nitrogen and oxygen atoms in total. The third-order valence-electron chi connectivity index (χ3n) is 4.12. The number of hydrogen-bond acceptors (Lipinski definition) is 6. The van der Waals surface area contributed by atoms with Crippen LogP contribution in [0.1, 0.15) is 5.56 Å². The van der Waals surface area contributed by atoms with E-state index in [0.29, 0.717) is 34.7 Å². The van der Waals surface area contributed by atoms with Gasteiger partial charge in [-0.15, -0.1) is 0 Å². The van der Waals surface area contributed by atoms with E-state index in [4.69, 9.17) is 21.1 Å². The summed E-state index contributed by atoms with van der Waals surface area (Å²) in [6.45, 7) is 1.20. The molecule has 4 rings (SSSR count). The fourth-order valence-electron chi connectivity index (χ4n) is 2.62. The summed E-state index contributed by atoms with van der Waals surface area (Å²) in [6, 6.07) is 4.90. The lowest BCUT2D eigenvalue weighted by molar-refractivity contribution is -0.00300. The minimum Gasteiger partial charge on any atom is -0.480 e. The Kier molecular flexibility index (Phi) is 4.85. The van der Waals surface area contributed by atoms with Crippen LogP contribution in [0.25, 0.3) is 10.9 Å². The summed E-state index contributed by atoms with van der Waals surface area (Å²) in [5.74, 6) is 6.23. The van der Waals surface area contributed by atoms with Gasteiger partial charge >= 0.3 is 0 Å². The molecule has 0 aliphatic carbocycles. The van der Waals surface area contributed by atoms with Crippen LogP contribution in [0.4, 0.5) is 5.95 Å². The van der Waals surface area contributed by atoms with Gasteiger partial charge in [-0.1, -0.05) is 23.4 Å². The summed E-state index contributed by atoms with van der Waals surface area (Å²) in [4.78, 5) is 11.1. The van der Waals surface area contributed by atoms with Crippen molar-refractivity contribution in [3.8, 4) is 17.7 Å². The number of aromatic amines is 1. The van der Waals surface area contributed by atoms with Crippen LogP contribution in [0.15, 0.2) is 35.5 Å². The number of anilines is 1. The first-order chi connectivity index (χ1) is 13.5. The third kappa shape index (κ3) is 3.62. The van der Waals surface area contributed by atoms with Crippen molar-refractivity contribution in [2.24, 2.45) is 5.92 Å². The van der Waals surface area contributed by atoms with Crippen molar-refractivity contribution in [3.05, 3.63) is 41.2 Å². The molecule has 2 aromatic heterocycles. The largest absolute Gasteiger partial charge is 0.480 e. The molecule has 0 atom stereocenters. The molecule has 1 aliphatic rings. The number of rotatable bonds is 4. The number of ether oxygens (including phenoxy) is 2. The lowest BCUT2D eigenvalue weighted by Gasteiger charge is -2.19. The molecule has 3 aromatic rings. The van der Waals surface area contributed by atoms with Crippen molar-refractivity contribution >= 4 is 38.5 Å². The quantitative estimate of drug-likeness (QED) is 0.630. The van der Waals surface area contributed by atoms with E-state index in [1.807, 2.05) is 0 Å². The molecule has 1 fully saturated rings. The number of nitrogens with zero attached hydrogens (tertiary/aromatic N) is 2. The van der Waals surface area contributed by atoms with Crippen molar-refractivity contribution in [1.82, 2.24) is 15.0 Å². The summed E-state index contributed by atoms with van der Waals surface area (Å²) in [5, 5.41) is 1.01. The summed E-state index contributed by atoms with van der Waals surface area (Å²) in [6.07, 6.45) is 2.81. The van der Waals surface area contributed by atoms with E-state index in [9.17, 15) is 8.42 Å². The van der Waals surface area contributed by atoms with E-state index >= 15 is 0 Å². The van der Waals surface area contributed by atoms with E-state index in [1.54, 1.807) is 18.2 Å². The molecule has 1 aliphatic heterocycles. The molecule has 3 heterocycles. The topological polar surface area (TPSA) is 106 Å². The average Bonchev–Trinajstić information content (AvgIpc) is 3.05. The molecular weight excluding hydrogens is 404 g/mol. The normalized spacial score (nSPS) is 14.2. The van der Waals surface area contributed by atoms with Crippen LogP contribution in [0.3, 0.4) is 0 Å². The van der Waals surface area contributed by atoms with Gasteiger partial charge in [-0.05, 0) is 18.2 Å². The zero-order valence-corrected chi connectivity index (χ0v) is 16.3. The monoisotopic (exact) mass is 418 g/mol. The highest BCUT2D eigenvalue weighted by Crippen LogP contribution is 2.27. The fourth-order valence-corrected chi connectivity index (χ4v) is 3.93. The van der Waals surface area contributed by atoms with Gasteiger partial charge in [0.05, 0.1) is 32.4 Å². The molecular formula is C18H15ClN4O4S. The van der Waals surface area contributed by atoms with Crippen LogP contribution in [0.2, 0.25) is 5.02 Å². The number of aromatic nitrogens is 3. The van der Waals surface area contributed by atoms with Crippen molar-refractivity contribution in [3.63, 3.8) is 0 Å². The minimum absolute atomic E-state index is 0.0654. The molecule has 0 unspecified atom stereocenters. The van der Waals surface area contributed by atoms with Gasteiger partial charge < -0.3 is 14.5 Å². The van der Waals surface area contributed by atoms with Gasteiger partial charge in [0.2, 0.25) is 11.8 Å². The van der Waals surface area contributed by atoms with E-state index < -0.39 is 10.0 Å². The van der Waals surface area contributed by atoms with Gasteiger partial charge in [0.1, 0.15) is 10.5 Å². The van der Waals surface area contributed by atoms with Crippen LogP contribution in [0, 0.1) is 17.8 Å². The molecule has 144 valence electrons. The zero-order valence-electron chi connectivity index (χ0n) is 14.7. The zero-order chi connectivity index (χ0) is 19.7. The predicted molar refractivity (Wildman–Crippen MR) is 104 cm³/mol. The first-order valence-corrected chi connectivity index (χ1v) is 10.1. The highest BCUT2D eigenvalue weighted by Gasteiger charge is 2.21. The summed E-state index contributed by atoms with van der Waals surface area (Å²) in [7, 11) is -2.49. The summed E-state index contributed by atoms with van der Waals surface area (Å²) >= 11 is 5.94. The van der Waals surface area contributed by atoms with Crippen LogP contribution in [-0.2, 0) is 14.8 Å². The highest BCUT2D eigenvalue weighted by molar-refractivity contribution is 7.93. The number of hydrogen-bond donors (Lipinski definition) is 2. The number of benzene rings is 1. The Bertz CT molecular complexity index is 1210. The van der Waals surface area contributed by atoms with Crippen molar-refractivity contribution in [2.75, 3.05) is 25.0 Å². The number of fused-ring (bicyclic) bond motifs is 1. The molecule has 0 saturated carbocycles. The second-order valence-corrected chi connectivity index (χ2v) is 8.16. The molecule has 10 heteroatoms. The van der Waals surface area contributed by atoms with Crippen LogP contribution >= 0.6 is 11.6 Å². The molecule has 0 spiro atoms. The van der Waals surface area contributed by atoms with E-state index in [1.165, 1.54) is 19.5 Å². The Morgan fingerprint density at radius 1 is 1.39 bits per heavy atom. The Balaban J connectivity index is 1.62. The van der Waals surface area contributed by atoms with Crippen molar-refractivity contribution < 1.29 is 17.9 Å². The van der Waals surface area contributed by atoms with Gasteiger partial charge in [0.15, 0.2) is 0 Å². The smallest absolute Gasteiger partial charge is 0.266 e. The lowest BCUT2D eigenvalue weighted by Crippen LogP contribution is -2.25. The number of nitrogens with one attached hydrogen (secondary N) is 2. The first kappa shape index (κ1) is 18.6. The number of H-pyrrole nitrogens is 1. The van der Waals surface area contributed by atoms with Crippen LogP contribution in [0.5, 0.6) is 5.88 Å². The second kappa shape index (κ2) is 7.31. The Labute approximate surface area is 166 Å². The number of sulfonamides is 1. The van der Waals surface area contributed by atoms with Crippen LogP contribution in [-0.4, -0.2) is 43.7 Å². The van der Waals surface area contributed by atoms with Gasteiger partial charge in [-0.25, -0.2) is 18.1 Å². The summed E-state index contributed by atoms with van der Waals surface area (Å²) < 4.78 is 38.2. The average molecular weight is 419 g/mol. The Morgan fingerprint density at radius 2 is 2.21 bits per heavy atom. The molecule has 1 saturated heterocycles. The molecule has 1 aromatic carbocycles. The van der Waals surface area contributed by atoms with Crippen molar-refractivity contribution in [2.45, 2.75) is 4.90 Å². The standard InChI is InChI=1S/C18H15ClN4O4S/c1-26-17-12(3-2-11-9-27-10-11)7-21-18(22-17)23-28(24,25)16-8-20-15-6-13(19)4-5-14(15)16/h4-8,11,20H,9-10H2,1H3,(H,21,22,23). The van der Waals surface area contributed by atoms with E-state index in [2.05, 4.69) is 31.5 Å². The molecule has 0 amide bonds. The van der Waals surface area contributed by atoms with Gasteiger partial charge in [-0.2, -0.15) is 4.98 Å². The van der Waals surface area contributed by atoms with Gasteiger partial charge in [-0.3, -0.25) is 0 Å². The van der Waals surface area contributed by atoms with E-state index in [0.717, 1.165) is 0 Å². The maximum absolute atomic E-state index is 12.8. The first-order valence-electron chi connectivity index (χ1n) is 8.26. The van der Waals surface area contributed by atoms with Crippen molar-refractivity contribution in [1.29, 1.82) is 0 Å². The Morgan fingerprint density at radius 3 is 2.93 bits per heavy atom. The van der Waals surface area contributed by atoms with Gasteiger partial charge in [0, 0.05) is 22.1 Å². The molecule has 0 bridgehead atoms. The number of halogens is 1. The van der Waals surface area contributed by atoms with E-state index in [-0.39, 0.29) is 22.6 Å². The SMILES string of the molecule is COc1nc(NS(=O)(=O)c2c[nH]c3cc(Cl)ccc23)ncc1C#CC1COC1. The van der Waals surface area contributed by atoms with Gasteiger partial charge in [0.25, 0.3) is 10.0 Å². The highest BCUT2D eigenvalue weighted by atomic mass is 35.5. The second-order valence-electron chi connectivity index (χ2n) is 6.07. The predicted octanol–water partition coefficient (Wildman–Crippen LogP) is 2.42. The van der Waals surface area contributed by atoms with Crippen LogP contribution < -0.4 is 9.46 Å². The third-order valence-corrected chi connectivity index (χ3v) is 5.72. The molecule has 0 radical (unpaired) electrons. The lowest BCUT2D eigenvalue weighted by atomic mass is 10.1. The Hall–Kier alpha value is -2.80.